The van der Waals surface area contributed by atoms with Gasteiger partial charge < -0.3 is 15.2 Å². The van der Waals surface area contributed by atoms with Gasteiger partial charge in [-0.3, -0.25) is 10.1 Å². The van der Waals surface area contributed by atoms with Gasteiger partial charge in [0.2, 0.25) is 5.95 Å². The van der Waals surface area contributed by atoms with Crippen molar-refractivity contribution in [2.45, 2.75) is 18.9 Å². The van der Waals surface area contributed by atoms with Crippen LogP contribution in [0.3, 0.4) is 0 Å². The highest BCUT2D eigenvalue weighted by atomic mass is 16.6. The van der Waals surface area contributed by atoms with Crippen molar-refractivity contribution >= 4 is 22.7 Å². The zero-order valence-corrected chi connectivity index (χ0v) is 11.6. The molecule has 7 nitrogen and oxygen atoms in total. The van der Waals surface area contributed by atoms with E-state index in [0.29, 0.717) is 12.0 Å². The van der Waals surface area contributed by atoms with Crippen molar-refractivity contribution in [3.05, 3.63) is 28.3 Å². The van der Waals surface area contributed by atoms with Crippen molar-refractivity contribution in [1.29, 1.82) is 0 Å². The lowest BCUT2D eigenvalue weighted by Crippen LogP contribution is -2.44. The first-order chi connectivity index (χ1) is 10.2. The van der Waals surface area contributed by atoms with Crippen LogP contribution in [0.5, 0.6) is 0 Å². The molecule has 2 unspecified atom stereocenters. The van der Waals surface area contributed by atoms with Crippen molar-refractivity contribution in [2.24, 2.45) is 5.92 Å². The molecule has 2 aliphatic rings. The number of hydrogen-bond donors (Lipinski definition) is 2. The number of aromatic amines is 1. The number of fused-ring (bicyclic) bond motifs is 2. The van der Waals surface area contributed by atoms with Crippen LogP contribution in [0, 0.1) is 16.0 Å². The average molecular weight is 287 g/mol. The molecule has 110 valence electrons. The maximum atomic E-state index is 10.8. The Morgan fingerprint density at radius 2 is 2.29 bits per heavy atom. The molecule has 0 bridgehead atoms. The van der Waals surface area contributed by atoms with Gasteiger partial charge in [-0.1, -0.05) is 0 Å². The number of nitro benzene ring substituents is 1. The number of benzene rings is 1. The summed E-state index contributed by atoms with van der Waals surface area (Å²) >= 11 is 0. The Morgan fingerprint density at radius 3 is 3.14 bits per heavy atom. The molecule has 7 heteroatoms. The Labute approximate surface area is 121 Å². The van der Waals surface area contributed by atoms with Crippen LogP contribution < -0.4 is 10.2 Å². The van der Waals surface area contributed by atoms with E-state index < -0.39 is 0 Å². The highest BCUT2D eigenvalue weighted by Gasteiger charge is 2.33. The first kappa shape index (κ1) is 12.6. The molecule has 2 saturated heterocycles. The lowest BCUT2D eigenvalue weighted by Gasteiger charge is -2.34. The van der Waals surface area contributed by atoms with Crippen molar-refractivity contribution in [3.63, 3.8) is 0 Å². The van der Waals surface area contributed by atoms with Crippen LogP contribution in [0.4, 0.5) is 11.6 Å². The summed E-state index contributed by atoms with van der Waals surface area (Å²) in [7, 11) is 0. The van der Waals surface area contributed by atoms with Crippen molar-refractivity contribution in [2.75, 3.05) is 24.5 Å². The number of H-pyrrole nitrogens is 1. The average Bonchev–Trinajstić information content (AvgIpc) is 3.11. The number of nitrogens with zero attached hydrogens (tertiary/aromatic N) is 3. The van der Waals surface area contributed by atoms with E-state index in [9.17, 15) is 10.1 Å². The fourth-order valence-electron chi connectivity index (χ4n) is 3.49. The first-order valence-electron chi connectivity index (χ1n) is 7.33. The lowest BCUT2D eigenvalue weighted by atomic mass is 9.94. The molecule has 2 aromatic rings. The van der Waals surface area contributed by atoms with E-state index in [1.165, 1.54) is 12.5 Å². The number of rotatable bonds is 2. The Hall–Kier alpha value is -2.15. The second-order valence-electron chi connectivity index (χ2n) is 5.86. The zero-order chi connectivity index (χ0) is 14.4. The fourth-order valence-corrected chi connectivity index (χ4v) is 3.49. The minimum atomic E-state index is -0.379. The molecule has 3 heterocycles. The second-order valence-corrected chi connectivity index (χ2v) is 5.86. The van der Waals surface area contributed by atoms with E-state index >= 15 is 0 Å². The van der Waals surface area contributed by atoms with Gasteiger partial charge in [0.1, 0.15) is 0 Å². The molecular formula is C14H17N5O2. The normalized spacial score (nSPS) is 25.2. The predicted molar refractivity (Wildman–Crippen MR) is 79.5 cm³/mol. The third-order valence-electron chi connectivity index (χ3n) is 4.62. The molecule has 2 fully saturated rings. The van der Waals surface area contributed by atoms with Gasteiger partial charge in [-0.05, 0) is 31.4 Å². The van der Waals surface area contributed by atoms with Gasteiger partial charge in [-0.25, -0.2) is 4.98 Å². The molecule has 21 heavy (non-hydrogen) atoms. The maximum Gasteiger partial charge on any atom is 0.271 e. The lowest BCUT2D eigenvalue weighted by molar-refractivity contribution is -0.384. The van der Waals surface area contributed by atoms with Crippen LogP contribution in [0.2, 0.25) is 0 Å². The van der Waals surface area contributed by atoms with E-state index in [4.69, 9.17) is 0 Å². The number of piperidine rings is 1. The zero-order valence-electron chi connectivity index (χ0n) is 11.6. The SMILES string of the molecule is O=[N+]([O-])c1ccc2nc(N3CCC4NCCC4C3)[nH]c2c1. The second kappa shape index (κ2) is 4.70. The van der Waals surface area contributed by atoms with Gasteiger partial charge >= 0.3 is 0 Å². The summed E-state index contributed by atoms with van der Waals surface area (Å²) in [4.78, 5) is 20.5. The number of nitrogens with one attached hydrogen (secondary N) is 2. The summed E-state index contributed by atoms with van der Waals surface area (Å²) in [6, 6.07) is 5.40. The van der Waals surface area contributed by atoms with Gasteiger partial charge in [0.25, 0.3) is 5.69 Å². The van der Waals surface area contributed by atoms with Crippen LogP contribution in [0.1, 0.15) is 12.8 Å². The van der Waals surface area contributed by atoms with Gasteiger partial charge in [-0.15, -0.1) is 0 Å². The third kappa shape index (κ3) is 2.13. The molecule has 0 spiro atoms. The first-order valence-corrected chi connectivity index (χ1v) is 7.33. The molecule has 0 aliphatic carbocycles. The molecular weight excluding hydrogens is 270 g/mol. The van der Waals surface area contributed by atoms with Gasteiger partial charge in [0, 0.05) is 31.3 Å². The fraction of sp³-hybridized carbons (Fsp3) is 0.500. The van der Waals surface area contributed by atoms with Gasteiger partial charge in [0.15, 0.2) is 0 Å². The molecule has 2 atom stereocenters. The largest absolute Gasteiger partial charge is 0.342 e. The van der Waals surface area contributed by atoms with E-state index in [2.05, 4.69) is 20.2 Å². The summed E-state index contributed by atoms with van der Waals surface area (Å²) < 4.78 is 0. The molecule has 1 aromatic carbocycles. The number of hydrogen-bond acceptors (Lipinski definition) is 5. The summed E-state index contributed by atoms with van der Waals surface area (Å²) in [6.45, 7) is 3.07. The maximum absolute atomic E-state index is 10.8. The van der Waals surface area contributed by atoms with Crippen LogP contribution >= 0.6 is 0 Å². The molecule has 2 N–H and O–H groups in total. The number of aromatic nitrogens is 2. The van der Waals surface area contributed by atoms with Crippen LogP contribution in [0.25, 0.3) is 11.0 Å². The van der Waals surface area contributed by atoms with E-state index in [-0.39, 0.29) is 10.6 Å². The van der Waals surface area contributed by atoms with E-state index in [1.54, 1.807) is 12.1 Å². The molecule has 1 aromatic heterocycles. The smallest absolute Gasteiger partial charge is 0.271 e. The van der Waals surface area contributed by atoms with Crippen LogP contribution in [-0.2, 0) is 0 Å². The molecule has 4 rings (SSSR count). The van der Waals surface area contributed by atoms with Crippen LogP contribution in [0.15, 0.2) is 18.2 Å². The molecule has 2 aliphatic heterocycles. The third-order valence-corrected chi connectivity index (χ3v) is 4.62. The van der Waals surface area contributed by atoms with Crippen molar-refractivity contribution in [1.82, 2.24) is 15.3 Å². The van der Waals surface area contributed by atoms with E-state index in [1.807, 2.05) is 0 Å². The summed E-state index contributed by atoms with van der Waals surface area (Å²) in [5.41, 5.74) is 1.60. The summed E-state index contributed by atoms with van der Waals surface area (Å²) in [6.07, 6.45) is 2.34. The summed E-state index contributed by atoms with van der Waals surface area (Å²) in [5, 5.41) is 14.4. The van der Waals surface area contributed by atoms with Gasteiger partial charge in [-0.2, -0.15) is 0 Å². The Morgan fingerprint density at radius 1 is 1.38 bits per heavy atom. The Kier molecular flexibility index (Phi) is 2.81. The number of imidazole rings is 1. The minimum Gasteiger partial charge on any atom is -0.342 e. The highest BCUT2D eigenvalue weighted by Crippen LogP contribution is 2.28. The monoisotopic (exact) mass is 287 g/mol. The van der Waals surface area contributed by atoms with Crippen LogP contribution in [-0.4, -0.2) is 40.6 Å². The molecule has 0 amide bonds. The number of non-ortho nitro benzene ring substituents is 1. The van der Waals surface area contributed by atoms with Gasteiger partial charge in [0.05, 0.1) is 16.0 Å². The standard InChI is InChI=1S/C14H17N5O2/c20-19(21)10-1-2-12-13(7-10)17-14(16-12)18-6-4-11-9(8-18)3-5-15-11/h1-2,7,9,11,15H,3-6,8H2,(H,16,17). The topological polar surface area (TPSA) is 87.1 Å². The van der Waals surface area contributed by atoms with Crippen molar-refractivity contribution < 1.29 is 4.92 Å². The quantitative estimate of drug-likeness (QED) is 0.648. The number of nitro groups is 1. The molecule has 0 saturated carbocycles. The van der Waals surface area contributed by atoms with Crippen molar-refractivity contribution in [3.8, 4) is 0 Å². The highest BCUT2D eigenvalue weighted by molar-refractivity contribution is 5.80. The Balaban J connectivity index is 1.63. The number of anilines is 1. The minimum absolute atomic E-state index is 0.0939. The predicted octanol–water partition coefficient (Wildman–Crippen LogP) is 1.66. The van der Waals surface area contributed by atoms with E-state index in [0.717, 1.165) is 43.0 Å². The molecule has 0 radical (unpaired) electrons. The summed E-state index contributed by atoms with van der Waals surface area (Å²) in [5.74, 6) is 1.51. The Bertz CT molecular complexity index is 698.